The van der Waals surface area contributed by atoms with Gasteiger partial charge >= 0.3 is 0 Å². The lowest BCUT2D eigenvalue weighted by Gasteiger charge is -2.40. The number of piperidine rings is 1. The van der Waals surface area contributed by atoms with Gasteiger partial charge in [-0.05, 0) is 49.1 Å². The summed E-state index contributed by atoms with van der Waals surface area (Å²) in [6.07, 6.45) is 0.520. The van der Waals surface area contributed by atoms with Crippen molar-refractivity contribution in [2.45, 2.75) is 25.8 Å². The number of rotatable bonds is 4. The number of nitrogens with zero attached hydrogens (tertiary/aromatic N) is 1. The Kier molecular flexibility index (Phi) is 5.63. The summed E-state index contributed by atoms with van der Waals surface area (Å²) in [6.45, 7) is 1.96. The Morgan fingerprint density at radius 2 is 1.90 bits per heavy atom. The molecule has 2 atom stereocenters. The van der Waals surface area contributed by atoms with Crippen molar-refractivity contribution in [1.29, 1.82) is 0 Å². The first kappa shape index (κ1) is 20.2. The summed E-state index contributed by atoms with van der Waals surface area (Å²) in [5.74, 6) is -2.47. The Morgan fingerprint density at radius 3 is 2.60 bits per heavy atom. The quantitative estimate of drug-likeness (QED) is 0.602. The first-order chi connectivity index (χ1) is 14.4. The largest absolute Gasteiger partial charge is 0.323 e. The molecule has 1 N–H and O–H groups in total. The Balaban J connectivity index is 1.71. The average Bonchev–Trinajstić information content (AvgIpc) is 3.26. The van der Waals surface area contributed by atoms with Gasteiger partial charge in [0.15, 0.2) is 0 Å². The van der Waals surface area contributed by atoms with E-state index in [1.54, 1.807) is 4.90 Å². The van der Waals surface area contributed by atoms with Gasteiger partial charge in [-0.1, -0.05) is 23.8 Å². The highest BCUT2D eigenvalue weighted by molar-refractivity contribution is 7.10. The number of carbonyl (C=O) groups excluding carboxylic acids is 2. The van der Waals surface area contributed by atoms with E-state index in [0.29, 0.717) is 12.1 Å². The number of benzene rings is 2. The van der Waals surface area contributed by atoms with Crippen LogP contribution in [0.4, 0.5) is 20.2 Å². The number of thiophene rings is 1. The fourth-order valence-corrected chi connectivity index (χ4v) is 4.66. The maximum atomic E-state index is 14.1. The van der Waals surface area contributed by atoms with Crippen LogP contribution in [0, 0.1) is 24.5 Å². The van der Waals surface area contributed by atoms with Crippen LogP contribution in [0.25, 0.3) is 0 Å². The van der Waals surface area contributed by atoms with Gasteiger partial charge in [-0.2, -0.15) is 0 Å². The molecule has 0 radical (unpaired) electrons. The Bertz CT molecular complexity index is 1070. The molecule has 1 saturated heterocycles. The van der Waals surface area contributed by atoms with Crippen LogP contribution < -0.4 is 10.2 Å². The van der Waals surface area contributed by atoms with Gasteiger partial charge in [0, 0.05) is 23.1 Å². The molecule has 2 aromatic carbocycles. The van der Waals surface area contributed by atoms with Crippen LogP contribution in [0.3, 0.4) is 0 Å². The van der Waals surface area contributed by atoms with E-state index in [-0.39, 0.29) is 18.0 Å². The van der Waals surface area contributed by atoms with E-state index in [0.717, 1.165) is 28.6 Å². The number of amides is 2. The van der Waals surface area contributed by atoms with E-state index in [4.69, 9.17) is 0 Å². The predicted molar refractivity (Wildman–Crippen MR) is 113 cm³/mol. The third-order valence-corrected chi connectivity index (χ3v) is 6.21. The van der Waals surface area contributed by atoms with Crippen molar-refractivity contribution in [2.75, 3.05) is 10.2 Å². The molecular weight excluding hydrogens is 406 g/mol. The highest BCUT2D eigenvalue weighted by Crippen LogP contribution is 2.42. The summed E-state index contributed by atoms with van der Waals surface area (Å²) in [5, 5.41) is 4.41. The van der Waals surface area contributed by atoms with Gasteiger partial charge in [0.2, 0.25) is 11.8 Å². The Hall–Kier alpha value is -3.06. The average molecular weight is 426 g/mol. The van der Waals surface area contributed by atoms with Gasteiger partial charge in [0.05, 0.1) is 17.6 Å². The Morgan fingerprint density at radius 1 is 1.13 bits per heavy atom. The van der Waals surface area contributed by atoms with Crippen molar-refractivity contribution < 1.29 is 18.4 Å². The van der Waals surface area contributed by atoms with Crippen molar-refractivity contribution in [3.63, 3.8) is 0 Å². The zero-order valence-electron chi connectivity index (χ0n) is 16.3. The van der Waals surface area contributed by atoms with Gasteiger partial charge in [-0.25, -0.2) is 8.78 Å². The molecule has 0 unspecified atom stereocenters. The molecule has 30 heavy (non-hydrogen) atoms. The molecule has 2 heterocycles. The molecule has 1 aliphatic heterocycles. The van der Waals surface area contributed by atoms with Crippen molar-refractivity contribution in [3.05, 3.63) is 82.1 Å². The van der Waals surface area contributed by atoms with Gasteiger partial charge in [0.25, 0.3) is 0 Å². The van der Waals surface area contributed by atoms with E-state index in [2.05, 4.69) is 5.32 Å². The molecule has 1 aliphatic rings. The molecule has 0 spiro atoms. The maximum absolute atomic E-state index is 14.1. The minimum atomic E-state index is -0.709. The minimum Gasteiger partial charge on any atom is -0.323 e. The lowest BCUT2D eigenvalue weighted by molar-refractivity contribution is -0.125. The third-order valence-electron chi connectivity index (χ3n) is 5.27. The van der Waals surface area contributed by atoms with Crippen molar-refractivity contribution in [1.82, 2.24) is 0 Å². The zero-order valence-corrected chi connectivity index (χ0v) is 17.1. The van der Waals surface area contributed by atoms with Gasteiger partial charge in [-0.15, -0.1) is 11.3 Å². The van der Waals surface area contributed by atoms with Crippen LogP contribution in [0.5, 0.6) is 0 Å². The molecule has 4 rings (SSSR count). The smallest absolute Gasteiger partial charge is 0.230 e. The monoisotopic (exact) mass is 426 g/mol. The molecule has 2 amide bonds. The first-order valence-corrected chi connectivity index (χ1v) is 10.5. The molecular formula is C23H20F2N2O2S. The molecule has 154 valence electrons. The molecule has 7 heteroatoms. The van der Waals surface area contributed by atoms with Crippen LogP contribution in [0.15, 0.2) is 60.0 Å². The number of hydrogen-bond donors (Lipinski definition) is 1. The molecule has 0 saturated carbocycles. The van der Waals surface area contributed by atoms with Crippen molar-refractivity contribution in [3.8, 4) is 0 Å². The van der Waals surface area contributed by atoms with Crippen LogP contribution in [-0.4, -0.2) is 11.8 Å². The SMILES string of the molecule is Cc1ccc(N2C(=O)CC[C@@H](C(=O)Nc3cc(F)ccc3F)[C@H]2c2cccs2)cc1. The summed E-state index contributed by atoms with van der Waals surface area (Å²) in [4.78, 5) is 28.6. The van der Waals surface area contributed by atoms with Crippen molar-refractivity contribution in [2.24, 2.45) is 5.92 Å². The molecule has 0 aliphatic carbocycles. The predicted octanol–water partition coefficient (Wildman–Crippen LogP) is 5.46. The number of anilines is 2. The standard InChI is InChI=1S/C23H20F2N2O2S/c1-14-4-7-16(8-5-14)27-21(28)11-9-17(22(27)20-3-2-12-30-20)23(29)26-19-13-15(24)6-10-18(19)25/h2-8,10,12-13,17,22H,9,11H2,1H3,(H,26,29)/t17-,22+/m1/s1. The molecule has 1 fully saturated rings. The molecule has 4 nitrogen and oxygen atoms in total. The molecule has 1 aromatic heterocycles. The van der Waals surface area contributed by atoms with Crippen LogP contribution in [0.2, 0.25) is 0 Å². The van der Waals surface area contributed by atoms with E-state index >= 15 is 0 Å². The summed E-state index contributed by atoms with van der Waals surface area (Å²) in [5.41, 5.74) is 1.56. The number of halogens is 2. The summed E-state index contributed by atoms with van der Waals surface area (Å²) in [7, 11) is 0. The molecule has 3 aromatic rings. The maximum Gasteiger partial charge on any atom is 0.230 e. The number of aryl methyl sites for hydroxylation is 1. The second-order valence-corrected chi connectivity index (χ2v) is 8.30. The third kappa shape index (κ3) is 3.98. The summed E-state index contributed by atoms with van der Waals surface area (Å²) in [6, 6.07) is 13.7. The minimum absolute atomic E-state index is 0.0711. The number of nitrogens with one attached hydrogen (secondary N) is 1. The van der Waals surface area contributed by atoms with Crippen LogP contribution in [-0.2, 0) is 9.59 Å². The van der Waals surface area contributed by atoms with Gasteiger partial charge < -0.3 is 10.2 Å². The highest BCUT2D eigenvalue weighted by Gasteiger charge is 2.42. The lowest BCUT2D eigenvalue weighted by Crippen LogP contribution is -2.46. The zero-order chi connectivity index (χ0) is 21.3. The van der Waals surface area contributed by atoms with Gasteiger partial charge in [-0.3, -0.25) is 9.59 Å². The normalized spacial score (nSPS) is 19.0. The van der Waals surface area contributed by atoms with E-state index < -0.39 is 29.5 Å². The summed E-state index contributed by atoms with van der Waals surface area (Å²) >= 11 is 1.46. The number of carbonyl (C=O) groups is 2. The first-order valence-electron chi connectivity index (χ1n) is 9.62. The van der Waals surface area contributed by atoms with E-state index in [1.165, 1.54) is 11.3 Å². The Labute approximate surface area is 177 Å². The van der Waals surface area contributed by atoms with Gasteiger partial charge in [0.1, 0.15) is 11.6 Å². The second-order valence-electron chi connectivity index (χ2n) is 7.32. The molecule has 0 bridgehead atoms. The van der Waals surface area contributed by atoms with Crippen LogP contribution in [0.1, 0.15) is 29.3 Å². The topological polar surface area (TPSA) is 49.4 Å². The van der Waals surface area contributed by atoms with E-state index in [1.807, 2.05) is 48.7 Å². The fourth-order valence-electron chi connectivity index (χ4n) is 3.78. The number of hydrogen-bond acceptors (Lipinski definition) is 3. The second kappa shape index (κ2) is 8.36. The lowest BCUT2D eigenvalue weighted by atomic mass is 9.86. The van der Waals surface area contributed by atoms with Crippen LogP contribution >= 0.6 is 11.3 Å². The van der Waals surface area contributed by atoms with Crippen molar-refractivity contribution >= 4 is 34.5 Å². The summed E-state index contributed by atoms with van der Waals surface area (Å²) < 4.78 is 27.6. The fraction of sp³-hybridized carbons (Fsp3) is 0.217. The van der Waals surface area contributed by atoms with E-state index in [9.17, 15) is 18.4 Å². The highest BCUT2D eigenvalue weighted by atomic mass is 32.1.